The van der Waals surface area contributed by atoms with Crippen molar-refractivity contribution >= 4 is 28.3 Å². The van der Waals surface area contributed by atoms with E-state index in [0.29, 0.717) is 12.1 Å². The van der Waals surface area contributed by atoms with Gasteiger partial charge in [-0.05, 0) is 64.9 Å². The van der Waals surface area contributed by atoms with Gasteiger partial charge in [0, 0.05) is 15.8 Å². The van der Waals surface area contributed by atoms with Crippen LogP contribution in [0.4, 0.5) is 10.1 Å². The van der Waals surface area contributed by atoms with Crippen LogP contribution >= 0.6 is 22.6 Å². The summed E-state index contributed by atoms with van der Waals surface area (Å²) in [5, 5.41) is 3.32. The van der Waals surface area contributed by atoms with Crippen LogP contribution in [0.15, 0.2) is 42.5 Å². The zero-order valence-corrected chi connectivity index (χ0v) is 11.7. The van der Waals surface area contributed by atoms with Crippen LogP contribution < -0.4 is 5.32 Å². The minimum absolute atomic E-state index is 0.150. The van der Waals surface area contributed by atoms with Gasteiger partial charge >= 0.3 is 0 Å². The van der Waals surface area contributed by atoms with E-state index in [2.05, 4.69) is 34.0 Å². The number of benzene rings is 2. The van der Waals surface area contributed by atoms with Crippen LogP contribution in [0, 0.1) is 16.3 Å². The van der Waals surface area contributed by atoms with Gasteiger partial charge in [0.05, 0.1) is 0 Å². The topological polar surface area (TPSA) is 12.0 Å². The first-order valence-corrected chi connectivity index (χ1v) is 6.47. The average molecular weight is 341 g/mol. The molecule has 0 amide bonds. The minimum atomic E-state index is -0.150. The molecule has 2 rings (SSSR count). The Bertz CT molecular complexity index is 525. The second kappa shape index (κ2) is 5.49. The maximum absolute atomic E-state index is 13.1. The molecule has 2 aromatic carbocycles. The molecule has 0 aliphatic heterocycles. The Kier molecular flexibility index (Phi) is 3.99. The number of hydrogen-bond donors (Lipinski definition) is 1. The van der Waals surface area contributed by atoms with Crippen LogP contribution in [-0.4, -0.2) is 0 Å². The van der Waals surface area contributed by atoms with Crippen LogP contribution in [0.2, 0.25) is 0 Å². The Hall–Kier alpha value is -1.10. The summed E-state index contributed by atoms with van der Waals surface area (Å²) in [6, 6.07) is 13.4. The molecular formula is C14H13FIN. The van der Waals surface area contributed by atoms with Gasteiger partial charge in [-0.2, -0.15) is 0 Å². The lowest BCUT2D eigenvalue weighted by atomic mass is 10.1. The molecule has 0 aromatic heterocycles. The molecule has 2 aromatic rings. The van der Waals surface area contributed by atoms with Gasteiger partial charge in [-0.3, -0.25) is 0 Å². The summed E-state index contributed by atoms with van der Waals surface area (Å²) in [6.45, 7) is 2.49. The molecule has 3 heteroatoms. The first-order valence-electron chi connectivity index (χ1n) is 5.39. The number of aryl methyl sites for hydroxylation is 1. The van der Waals surface area contributed by atoms with E-state index in [-0.39, 0.29) is 5.82 Å². The molecular weight excluding hydrogens is 328 g/mol. The molecule has 0 saturated heterocycles. The fourth-order valence-electron chi connectivity index (χ4n) is 1.62. The molecule has 17 heavy (non-hydrogen) atoms. The normalized spacial score (nSPS) is 10.3. The van der Waals surface area contributed by atoms with Crippen LogP contribution in [0.5, 0.6) is 0 Å². The van der Waals surface area contributed by atoms with Crippen molar-refractivity contribution in [3.63, 3.8) is 0 Å². The van der Waals surface area contributed by atoms with E-state index < -0.39 is 0 Å². The summed E-state index contributed by atoms with van der Waals surface area (Å²) in [4.78, 5) is 0. The van der Waals surface area contributed by atoms with Gasteiger partial charge in [-0.25, -0.2) is 4.39 Å². The van der Waals surface area contributed by atoms with Crippen molar-refractivity contribution in [3.8, 4) is 0 Å². The van der Waals surface area contributed by atoms with Crippen LogP contribution in [0.1, 0.15) is 11.1 Å². The third-order valence-corrected chi connectivity index (χ3v) is 3.21. The third-order valence-electron chi connectivity index (χ3n) is 2.54. The van der Waals surface area contributed by atoms with Crippen molar-refractivity contribution in [2.24, 2.45) is 0 Å². The molecule has 0 saturated carbocycles. The van der Waals surface area contributed by atoms with E-state index in [9.17, 15) is 4.39 Å². The van der Waals surface area contributed by atoms with E-state index in [1.807, 2.05) is 30.3 Å². The second-order valence-corrected chi connectivity index (χ2v) is 5.19. The van der Waals surface area contributed by atoms with Gasteiger partial charge < -0.3 is 5.32 Å². The standard InChI is InChI=1S/C14H13FIN/c1-10-7-11(5-6-14(10)15)9-17-13-4-2-3-12(16)8-13/h2-8,17H,9H2,1H3. The first kappa shape index (κ1) is 12.4. The Morgan fingerprint density at radius 1 is 1.18 bits per heavy atom. The maximum Gasteiger partial charge on any atom is 0.126 e. The molecule has 88 valence electrons. The predicted octanol–water partition coefficient (Wildman–Crippen LogP) is 4.35. The highest BCUT2D eigenvalue weighted by atomic mass is 127. The first-order chi connectivity index (χ1) is 8.15. The van der Waals surface area contributed by atoms with Crippen molar-refractivity contribution < 1.29 is 4.39 Å². The summed E-state index contributed by atoms with van der Waals surface area (Å²) >= 11 is 2.28. The Morgan fingerprint density at radius 2 is 2.00 bits per heavy atom. The Labute approximate surface area is 114 Å². The summed E-state index contributed by atoms with van der Waals surface area (Å²) in [6.07, 6.45) is 0. The lowest BCUT2D eigenvalue weighted by Crippen LogP contribution is -2.00. The van der Waals surface area contributed by atoms with Crippen LogP contribution in [0.25, 0.3) is 0 Å². The van der Waals surface area contributed by atoms with E-state index in [1.54, 1.807) is 6.92 Å². The average Bonchev–Trinajstić information content (AvgIpc) is 2.31. The van der Waals surface area contributed by atoms with Crippen molar-refractivity contribution in [1.29, 1.82) is 0 Å². The van der Waals surface area contributed by atoms with E-state index in [4.69, 9.17) is 0 Å². The number of nitrogens with one attached hydrogen (secondary N) is 1. The fourth-order valence-corrected chi connectivity index (χ4v) is 2.16. The lowest BCUT2D eigenvalue weighted by molar-refractivity contribution is 0.617. The fraction of sp³-hybridized carbons (Fsp3) is 0.143. The highest BCUT2D eigenvalue weighted by Crippen LogP contribution is 2.15. The van der Waals surface area contributed by atoms with Crippen LogP contribution in [-0.2, 0) is 6.54 Å². The van der Waals surface area contributed by atoms with Gasteiger partial charge in [-0.15, -0.1) is 0 Å². The summed E-state index contributed by atoms with van der Waals surface area (Å²) in [7, 11) is 0. The predicted molar refractivity (Wildman–Crippen MR) is 77.6 cm³/mol. The highest BCUT2D eigenvalue weighted by molar-refractivity contribution is 14.1. The molecule has 0 fully saturated rings. The second-order valence-electron chi connectivity index (χ2n) is 3.95. The molecule has 0 heterocycles. The van der Waals surface area contributed by atoms with Gasteiger partial charge in [0.25, 0.3) is 0 Å². The van der Waals surface area contributed by atoms with Gasteiger partial charge in [0.15, 0.2) is 0 Å². The van der Waals surface area contributed by atoms with E-state index in [1.165, 1.54) is 9.64 Å². The van der Waals surface area contributed by atoms with Crippen molar-refractivity contribution in [1.82, 2.24) is 0 Å². The van der Waals surface area contributed by atoms with E-state index in [0.717, 1.165) is 11.3 Å². The number of rotatable bonds is 3. The monoisotopic (exact) mass is 341 g/mol. The smallest absolute Gasteiger partial charge is 0.126 e. The minimum Gasteiger partial charge on any atom is -0.381 e. The van der Waals surface area contributed by atoms with Crippen molar-refractivity contribution in [3.05, 3.63) is 63.0 Å². The molecule has 0 unspecified atom stereocenters. The van der Waals surface area contributed by atoms with Crippen molar-refractivity contribution in [2.45, 2.75) is 13.5 Å². The van der Waals surface area contributed by atoms with Gasteiger partial charge in [0.2, 0.25) is 0 Å². The van der Waals surface area contributed by atoms with Gasteiger partial charge in [0.1, 0.15) is 5.82 Å². The molecule has 0 aliphatic rings. The highest BCUT2D eigenvalue weighted by Gasteiger charge is 1.99. The zero-order valence-electron chi connectivity index (χ0n) is 9.50. The van der Waals surface area contributed by atoms with Crippen LogP contribution in [0.3, 0.4) is 0 Å². The maximum atomic E-state index is 13.1. The number of halogens is 2. The Morgan fingerprint density at radius 3 is 2.71 bits per heavy atom. The zero-order chi connectivity index (χ0) is 12.3. The Balaban J connectivity index is 2.05. The van der Waals surface area contributed by atoms with Crippen molar-refractivity contribution in [2.75, 3.05) is 5.32 Å². The molecule has 0 radical (unpaired) electrons. The molecule has 1 nitrogen and oxygen atoms in total. The van der Waals surface area contributed by atoms with E-state index >= 15 is 0 Å². The molecule has 0 atom stereocenters. The summed E-state index contributed by atoms with van der Waals surface area (Å²) in [5.74, 6) is -0.150. The summed E-state index contributed by atoms with van der Waals surface area (Å²) < 4.78 is 14.3. The van der Waals surface area contributed by atoms with Gasteiger partial charge in [-0.1, -0.05) is 18.2 Å². The molecule has 0 aliphatic carbocycles. The SMILES string of the molecule is Cc1cc(CNc2cccc(I)c2)ccc1F. The quantitative estimate of drug-likeness (QED) is 0.819. The largest absolute Gasteiger partial charge is 0.381 e. The third kappa shape index (κ3) is 3.43. The number of hydrogen-bond acceptors (Lipinski definition) is 1. The molecule has 1 N–H and O–H groups in total. The molecule has 0 bridgehead atoms. The molecule has 0 spiro atoms. The lowest BCUT2D eigenvalue weighted by Gasteiger charge is -2.08. The number of anilines is 1. The summed E-state index contributed by atoms with van der Waals surface area (Å²) in [5.41, 5.74) is 2.86.